The van der Waals surface area contributed by atoms with Crippen molar-refractivity contribution < 1.29 is 14.6 Å². The van der Waals surface area contributed by atoms with Gasteiger partial charge < -0.3 is 9.84 Å². The minimum absolute atomic E-state index is 0.426. The zero-order valence-corrected chi connectivity index (χ0v) is 10.0. The number of rotatable bonds is 3. The molecular formula is C15H14O3. The van der Waals surface area contributed by atoms with Crippen molar-refractivity contribution in [2.45, 2.75) is 13.2 Å². The molecule has 0 aliphatic carbocycles. The van der Waals surface area contributed by atoms with Gasteiger partial charge in [-0.2, -0.15) is 0 Å². The molecule has 2 aromatic rings. The number of aliphatic hydroxyl groups is 1. The van der Waals surface area contributed by atoms with E-state index in [-0.39, 0.29) is 0 Å². The van der Waals surface area contributed by atoms with E-state index >= 15 is 0 Å². The van der Waals surface area contributed by atoms with Crippen LogP contribution < -0.4 is 0 Å². The molecule has 1 N–H and O–H groups in total. The molecular weight excluding hydrogens is 228 g/mol. The number of aliphatic hydroxyl groups excluding tert-OH is 1. The van der Waals surface area contributed by atoms with E-state index in [0.29, 0.717) is 5.56 Å². The molecule has 0 spiro atoms. The fourth-order valence-electron chi connectivity index (χ4n) is 1.65. The lowest BCUT2D eigenvalue weighted by Gasteiger charge is -2.07. The van der Waals surface area contributed by atoms with E-state index in [9.17, 15) is 4.79 Å². The van der Waals surface area contributed by atoms with Gasteiger partial charge in [-0.25, -0.2) is 4.79 Å². The maximum absolute atomic E-state index is 11.5. The molecule has 0 saturated heterocycles. The summed E-state index contributed by atoms with van der Waals surface area (Å²) in [6.45, 7) is 1.40. The number of carbonyl (C=O) groups excluding carboxylic acids is 1. The molecule has 1 unspecified atom stereocenters. The average molecular weight is 242 g/mol. The van der Waals surface area contributed by atoms with Crippen LogP contribution in [0, 0.1) is 0 Å². The Hall–Kier alpha value is -2.13. The van der Waals surface area contributed by atoms with E-state index in [1.54, 1.807) is 12.1 Å². The van der Waals surface area contributed by atoms with Crippen LogP contribution in [0.25, 0.3) is 11.1 Å². The summed E-state index contributed by atoms with van der Waals surface area (Å²) in [5, 5.41) is 8.97. The second kappa shape index (κ2) is 5.47. The molecule has 18 heavy (non-hydrogen) atoms. The van der Waals surface area contributed by atoms with Crippen molar-refractivity contribution in [2.75, 3.05) is 0 Å². The van der Waals surface area contributed by atoms with Gasteiger partial charge in [-0.1, -0.05) is 42.5 Å². The van der Waals surface area contributed by atoms with E-state index in [1.807, 2.05) is 42.5 Å². The minimum Gasteiger partial charge on any atom is -0.433 e. The molecule has 0 fully saturated rings. The highest BCUT2D eigenvalue weighted by Crippen LogP contribution is 2.19. The van der Waals surface area contributed by atoms with Gasteiger partial charge in [0.05, 0.1) is 5.56 Å². The normalized spacial score (nSPS) is 11.9. The van der Waals surface area contributed by atoms with Crippen molar-refractivity contribution in [1.29, 1.82) is 0 Å². The highest BCUT2D eigenvalue weighted by Gasteiger charge is 2.09. The molecule has 3 heteroatoms. The summed E-state index contributed by atoms with van der Waals surface area (Å²) in [5.74, 6) is -0.524. The topological polar surface area (TPSA) is 46.5 Å². The second-order valence-electron chi connectivity index (χ2n) is 3.95. The molecule has 0 amide bonds. The Bertz CT molecular complexity index is 515. The molecule has 3 nitrogen and oxygen atoms in total. The first-order valence-corrected chi connectivity index (χ1v) is 5.71. The molecule has 0 saturated carbocycles. The van der Waals surface area contributed by atoms with Crippen LogP contribution in [-0.2, 0) is 4.74 Å². The molecule has 0 aromatic heterocycles. The van der Waals surface area contributed by atoms with E-state index in [0.717, 1.165) is 11.1 Å². The zero-order chi connectivity index (χ0) is 13.0. The molecule has 2 aromatic carbocycles. The third-order valence-electron chi connectivity index (χ3n) is 2.51. The number of esters is 1. The van der Waals surface area contributed by atoms with Crippen LogP contribution in [0.5, 0.6) is 0 Å². The summed E-state index contributed by atoms with van der Waals surface area (Å²) >= 11 is 0. The van der Waals surface area contributed by atoms with Gasteiger partial charge in [-0.15, -0.1) is 0 Å². The first kappa shape index (κ1) is 12.3. The SMILES string of the molecule is CC(O)OC(=O)c1ccc(-c2ccccc2)cc1. The maximum Gasteiger partial charge on any atom is 0.340 e. The minimum atomic E-state index is -1.09. The van der Waals surface area contributed by atoms with Crippen LogP contribution >= 0.6 is 0 Å². The number of hydrogen-bond donors (Lipinski definition) is 1. The smallest absolute Gasteiger partial charge is 0.340 e. The van der Waals surface area contributed by atoms with Crippen molar-refractivity contribution in [3.05, 3.63) is 60.2 Å². The van der Waals surface area contributed by atoms with E-state index in [2.05, 4.69) is 0 Å². The molecule has 1 atom stereocenters. The predicted molar refractivity (Wildman–Crippen MR) is 69.0 cm³/mol. The number of benzene rings is 2. The van der Waals surface area contributed by atoms with Crippen LogP contribution in [0.3, 0.4) is 0 Å². The van der Waals surface area contributed by atoms with Crippen molar-refractivity contribution in [2.24, 2.45) is 0 Å². The summed E-state index contributed by atoms with van der Waals surface area (Å²) in [6.07, 6.45) is -1.09. The lowest BCUT2D eigenvalue weighted by Crippen LogP contribution is -2.13. The van der Waals surface area contributed by atoms with Crippen LogP contribution in [0.4, 0.5) is 0 Å². The van der Waals surface area contributed by atoms with Crippen molar-refractivity contribution in [3.63, 3.8) is 0 Å². The van der Waals surface area contributed by atoms with E-state index < -0.39 is 12.3 Å². The van der Waals surface area contributed by atoms with Gasteiger partial charge in [0, 0.05) is 0 Å². The lowest BCUT2D eigenvalue weighted by atomic mass is 10.0. The number of hydrogen-bond acceptors (Lipinski definition) is 3. The second-order valence-corrected chi connectivity index (χ2v) is 3.95. The third kappa shape index (κ3) is 2.96. The zero-order valence-electron chi connectivity index (χ0n) is 10.0. The van der Waals surface area contributed by atoms with Gasteiger partial charge in [-0.3, -0.25) is 0 Å². The van der Waals surface area contributed by atoms with E-state index in [1.165, 1.54) is 6.92 Å². The predicted octanol–water partition coefficient (Wildman–Crippen LogP) is 2.85. The Labute approximate surface area is 106 Å². The first-order valence-electron chi connectivity index (χ1n) is 5.71. The summed E-state index contributed by atoms with van der Waals surface area (Å²) < 4.78 is 4.70. The van der Waals surface area contributed by atoms with Crippen molar-refractivity contribution >= 4 is 5.97 Å². The Morgan fingerprint density at radius 3 is 2.11 bits per heavy atom. The number of carbonyl (C=O) groups is 1. The Morgan fingerprint density at radius 1 is 1.00 bits per heavy atom. The van der Waals surface area contributed by atoms with Gasteiger partial charge in [0.2, 0.25) is 0 Å². The maximum atomic E-state index is 11.5. The lowest BCUT2D eigenvalue weighted by molar-refractivity contribution is -0.0523. The summed E-state index contributed by atoms with van der Waals surface area (Å²) in [7, 11) is 0. The fraction of sp³-hybridized carbons (Fsp3) is 0.133. The Balaban J connectivity index is 2.18. The van der Waals surface area contributed by atoms with Gasteiger partial charge in [0.1, 0.15) is 0 Å². The summed E-state index contributed by atoms with van der Waals surface area (Å²) in [4.78, 5) is 11.5. The van der Waals surface area contributed by atoms with Gasteiger partial charge in [-0.05, 0) is 30.2 Å². The molecule has 0 aliphatic rings. The fourth-order valence-corrected chi connectivity index (χ4v) is 1.65. The van der Waals surface area contributed by atoms with Gasteiger partial charge in [0.15, 0.2) is 6.29 Å². The van der Waals surface area contributed by atoms with Crippen molar-refractivity contribution in [3.8, 4) is 11.1 Å². The highest BCUT2D eigenvalue weighted by molar-refractivity contribution is 5.90. The highest BCUT2D eigenvalue weighted by atomic mass is 16.6. The van der Waals surface area contributed by atoms with Crippen LogP contribution in [0.1, 0.15) is 17.3 Å². The molecule has 0 radical (unpaired) electrons. The quantitative estimate of drug-likeness (QED) is 0.665. The summed E-state index contributed by atoms with van der Waals surface area (Å²) in [5.41, 5.74) is 2.55. The molecule has 0 heterocycles. The van der Waals surface area contributed by atoms with Crippen LogP contribution in [0.15, 0.2) is 54.6 Å². The van der Waals surface area contributed by atoms with Gasteiger partial charge in [0.25, 0.3) is 0 Å². The monoisotopic (exact) mass is 242 g/mol. The average Bonchev–Trinajstić information content (AvgIpc) is 2.39. The number of ether oxygens (including phenoxy) is 1. The molecule has 92 valence electrons. The Morgan fingerprint density at radius 2 is 1.56 bits per heavy atom. The third-order valence-corrected chi connectivity index (χ3v) is 2.51. The standard InChI is InChI=1S/C15H14O3/c1-11(16)18-15(17)14-9-7-13(8-10-14)12-5-3-2-4-6-12/h2-11,16H,1H3. The Kier molecular flexibility index (Phi) is 3.75. The van der Waals surface area contributed by atoms with Crippen LogP contribution in [0.2, 0.25) is 0 Å². The largest absolute Gasteiger partial charge is 0.433 e. The molecule has 0 aliphatic heterocycles. The van der Waals surface area contributed by atoms with E-state index in [4.69, 9.17) is 9.84 Å². The van der Waals surface area contributed by atoms with Crippen LogP contribution in [-0.4, -0.2) is 17.4 Å². The molecule has 0 bridgehead atoms. The summed E-state index contributed by atoms with van der Waals surface area (Å²) in [6, 6.07) is 17.0. The first-order chi connectivity index (χ1) is 8.66. The van der Waals surface area contributed by atoms with Gasteiger partial charge >= 0.3 is 5.97 Å². The molecule has 2 rings (SSSR count). The van der Waals surface area contributed by atoms with Crippen molar-refractivity contribution in [1.82, 2.24) is 0 Å².